The van der Waals surface area contributed by atoms with Gasteiger partial charge in [0.05, 0.1) is 0 Å². The number of anilines is 1. The van der Waals surface area contributed by atoms with E-state index in [0.717, 1.165) is 19.3 Å². The van der Waals surface area contributed by atoms with Gasteiger partial charge in [-0.2, -0.15) is 0 Å². The number of benzene rings is 2. The van der Waals surface area contributed by atoms with Gasteiger partial charge in [0.2, 0.25) is 11.8 Å². The van der Waals surface area contributed by atoms with Gasteiger partial charge in [0.1, 0.15) is 0 Å². The lowest BCUT2D eigenvalue weighted by Crippen LogP contribution is -2.43. The van der Waals surface area contributed by atoms with Crippen molar-refractivity contribution in [2.75, 3.05) is 25.0 Å². The molecule has 3 rings (SSSR count). The van der Waals surface area contributed by atoms with Crippen molar-refractivity contribution >= 4 is 23.4 Å². The number of rotatable bonds is 9. The van der Waals surface area contributed by atoms with E-state index in [2.05, 4.69) is 22.8 Å². The Morgan fingerprint density at radius 2 is 1.66 bits per heavy atom. The maximum Gasteiger partial charge on any atom is 0.253 e. The van der Waals surface area contributed by atoms with E-state index in [4.69, 9.17) is 0 Å². The minimum absolute atomic E-state index is 0.0213. The minimum Gasteiger partial charge on any atom is -0.356 e. The SMILES string of the molecule is CCCC(=O)Nc1ccc(C(=O)N2CCC(C(=O)NCCCc3ccccc3)CC2)cc1. The van der Waals surface area contributed by atoms with E-state index < -0.39 is 0 Å². The van der Waals surface area contributed by atoms with Crippen LogP contribution in [-0.4, -0.2) is 42.3 Å². The first-order valence-electron chi connectivity index (χ1n) is 11.6. The highest BCUT2D eigenvalue weighted by atomic mass is 16.2. The summed E-state index contributed by atoms with van der Waals surface area (Å²) in [6.45, 7) is 3.79. The molecular weight excluding hydrogens is 402 g/mol. The molecule has 1 fully saturated rings. The van der Waals surface area contributed by atoms with Gasteiger partial charge in [-0.15, -0.1) is 0 Å². The zero-order chi connectivity index (χ0) is 22.8. The number of hydrogen-bond donors (Lipinski definition) is 2. The number of nitrogens with one attached hydrogen (secondary N) is 2. The van der Waals surface area contributed by atoms with Crippen LogP contribution in [0.3, 0.4) is 0 Å². The van der Waals surface area contributed by atoms with E-state index in [9.17, 15) is 14.4 Å². The van der Waals surface area contributed by atoms with Crippen molar-refractivity contribution < 1.29 is 14.4 Å². The van der Waals surface area contributed by atoms with Crippen LogP contribution >= 0.6 is 0 Å². The Morgan fingerprint density at radius 1 is 0.969 bits per heavy atom. The molecule has 1 saturated heterocycles. The average Bonchev–Trinajstić information content (AvgIpc) is 2.82. The molecular formula is C26H33N3O3. The summed E-state index contributed by atoms with van der Waals surface area (Å²) in [7, 11) is 0. The van der Waals surface area contributed by atoms with E-state index in [0.29, 0.717) is 50.1 Å². The summed E-state index contributed by atoms with van der Waals surface area (Å²) in [6, 6.07) is 17.3. The molecule has 0 saturated carbocycles. The number of hydrogen-bond acceptors (Lipinski definition) is 3. The molecule has 0 aromatic heterocycles. The zero-order valence-corrected chi connectivity index (χ0v) is 18.8. The normalized spacial score (nSPS) is 14.1. The van der Waals surface area contributed by atoms with Crippen molar-refractivity contribution in [1.29, 1.82) is 0 Å². The number of piperidine rings is 1. The Kier molecular flexibility index (Phi) is 8.84. The number of nitrogens with zero attached hydrogens (tertiary/aromatic N) is 1. The molecule has 6 heteroatoms. The summed E-state index contributed by atoms with van der Waals surface area (Å²) >= 11 is 0. The molecule has 3 amide bonds. The highest BCUT2D eigenvalue weighted by molar-refractivity contribution is 5.96. The lowest BCUT2D eigenvalue weighted by atomic mass is 9.95. The van der Waals surface area contributed by atoms with Crippen LogP contribution < -0.4 is 10.6 Å². The predicted molar refractivity (Wildman–Crippen MR) is 126 cm³/mol. The number of likely N-dealkylation sites (tertiary alicyclic amines) is 1. The average molecular weight is 436 g/mol. The smallest absolute Gasteiger partial charge is 0.253 e. The van der Waals surface area contributed by atoms with Gasteiger partial charge in [-0.3, -0.25) is 14.4 Å². The van der Waals surface area contributed by atoms with Crippen molar-refractivity contribution in [3.05, 3.63) is 65.7 Å². The first kappa shape index (κ1) is 23.5. The van der Waals surface area contributed by atoms with Crippen LogP contribution in [0.2, 0.25) is 0 Å². The van der Waals surface area contributed by atoms with Gasteiger partial charge >= 0.3 is 0 Å². The second-order valence-corrected chi connectivity index (χ2v) is 8.32. The first-order valence-corrected chi connectivity index (χ1v) is 11.6. The minimum atomic E-state index is -0.0353. The summed E-state index contributed by atoms with van der Waals surface area (Å²) in [6.07, 6.45) is 4.51. The molecule has 32 heavy (non-hydrogen) atoms. The summed E-state index contributed by atoms with van der Waals surface area (Å²) in [5.74, 6) is 0.00871. The predicted octanol–water partition coefficient (Wildman–Crippen LogP) is 4.03. The fourth-order valence-corrected chi connectivity index (χ4v) is 3.97. The van der Waals surface area contributed by atoms with Crippen molar-refractivity contribution in [3.8, 4) is 0 Å². The Labute approximate surface area is 190 Å². The summed E-state index contributed by atoms with van der Waals surface area (Å²) in [5, 5.41) is 5.88. The second kappa shape index (κ2) is 12.0. The Bertz CT molecular complexity index is 888. The van der Waals surface area contributed by atoms with Crippen molar-refractivity contribution in [2.45, 2.75) is 45.4 Å². The van der Waals surface area contributed by atoms with Gasteiger partial charge in [-0.25, -0.2) is 0 Å². The number of carbonyl (C=O) groups is 3. The standard InChI is InChI=1S/C26H33N3O3/c1-2-7-24(30)28-23-13-11-22(12-14-23)26(32)29-18-15-21(16-19-29)25(31)27-17-6-10-20-8-4-3-5-9-20/h3-5,8-9,11-14,21H,2,6-7,10,15-19H2,1H3,(H,27,31)(H,28,30). The fraction of sp³-hybridized carbons (Fsp3) is 0.423. The molecule has 0 unspecified atom stereocenters. The van der Waals surface area contributed by atoms with Crippen molar-refractivity contribution in [1.82, 2.24) is 10.2 Å². The molecule has 170 valence electrons. The van der Waals surface area contributed by atoms with E-state index in [1.165, 1.54) is 5.56 Å². The number of carbonyl (C=O) groups excluding carboxylic acids is 3. The number of amides is 3. The molecule has 0 bridgehead atoms. The third-order valence-corrected chi connectivity index (χ3v) is 5.83. The topological polar surface area (TPSA) is 78.5 Å². The van der Waals surface area contributed by atoms with Gasteiger partial charge in [0.15, 0.2) is 0 Å². The molecule has 2 N–H and O–H groups in total. The van der Waals surface area contributed by atoms with Crippen LogP contribution in [0.5, 0.6) is 0 Å². The molecule has 0 aliphatic carbocycles. The van der Waals surface area contributed by atoms with Crippen LogP contribution in [0, 0.1) is 5.92 Å². The largest absolute Gasteiger partial charge is 0.356 e. The van der Waals surface area contributed by atoms with Crippen LogP contribution in [0.25, 0.3) is 0 Å². The van der Waals surface area contributed by atoms with Gasteiger partial charge in [-0.05, 0) is 61.9 Å². The molecule has 6 nitrogen and oxygen atoms in total. The highest BCUT2D eigenvalue weighted by Gasteiger charge is 2.27. The molecule has 0 atom stereocenters. The lowest BCUT2D eigenvalue weighted by Gasteiger charge is -2.31. The third-order valence-electron chi connectivity index (χ3n) is 5.83. The Morgan fingerprint density at radius 3 is 2.31 bits per heavy atom. The highest BCUT2D eigenvalue weighted by Crippen LogP contribution is 2.20. The van der Waals surface area contributed by atoms with Crippen LogP contribution in [-0.2, 0) is 16.0 Å². The molecule has 0 spiro atoms. The molecule has 0 radical (unpaired) electrons. The monoisotopic (exact) mass is 435 g/mol. The van der Waals surface area contributed by atoms with Crippen LogP contribution in [0.15, 0.2) is 54.6 Å². The fourth-order valence-electron chi connectivity index (χ4n) is 3.97. The van der Waals surface area contributed by atoms with E-state index >= 15 is 0 Å². The molecule has 1 aliphatic rings. The van der Waals surface area contributed by atoms with Gasteiger partial charge in [0.25, 0.3) is 5.91 Å². The molecule has 1 heterocycles. The Balaban J connectivity index is 1.39. The van der Waals surface area contributed by atoms with Crippen LogP contribution in [0.4, 0.5) is 5.69 Å². The summed E-state index contributed by atoms with van der Waals surface area (Å²) in [5.41, 5.74) is 2.58. The summed E-state index contributed by atoms with van der Waals surface area (Å²) < 4.78 is 0. The van der Waals surface area contributed by atoms with E-state index in [1.807, 2.05) is 30.0 Å². The second-order valence-electron chi connectivity index (χ2n) is 8.32. The molecule has 2 aromatic carbocycles. The third kappa shape index (κ3) is 6.94. The molecule has 1 aliphatic heterocycles. The zero-order valence-electron chi connectivity index (χ0n) is 18.8. The van der Waals surface area contributed by atoms with Gasteiger partial charge in [0, 0.05) is 43.2 Å². The molecule has 2 aromatic rings. The maximum absolute atomic E-state index is 12.8. The van der Waals surface area contributed by atoms with Crippen molar-refractivity contribution in [3.63, 3.8) is 0 Å². The Hall–Kier alpha value is -3.15. The van der Waals surface area contributed by atoms with E-state index in [1.54, 1.807) is 24.3 Å². The summed E-state index contributed by atoms with van der Waals surface area (Å²) in [4.78, 5) is 38.8. The van der Waals surface area contributed by atoms with Crippen LogP contribution in [0.1, 0.15) is 54.9 Å². The van der Waals surface area contributed by atoms with E-state index in [-0.39, 0.29) is 23.6 Å². The quantitative estimate of drug-likeness (QED) is 0.584. The van der Waals surface area contributed by atoms with Crippen molar-refractivity contribution in [2.24, 2.45) is 5.92 Å². The van der Waals surface area contributed by atoms with Gasteiger partial charge in [-0.1, -0.05) is 37.3 Å². The lowest BCUT2D eigenvalue weighted by molar-refractivity contribution is -0.126. The van der Waals surface area contributed by atoms with Gasteiger partial charge < -0.3 is 15.5 Å². The first-order chi connectivity index (χ1) is 15.6. The maximum atomic E-state index is 12.8. The number of aryl methyl sites for hydroxylation is 1.